The Hall–Kier alpha value is -1.19. The van der Waals surface area contributed by atoms with Crippen molar-refractivity contribution in [2.75, 3.05) is 7.11 Å². The molecule has 1 aliphatic heterocycles. The maximum atomic E-state index is 5.51. The summed E-state index contributed by atoms with van der Waals surface area (Å²) in [7, 11) is 1.70. The Morgan fingerprint density at radius 3 is 2.12 bits per heavy atom. The van der Waals surface area contributed by atoms with Gasteiger partial charge in [-0.15, -0.1) is 0 Å². The molecule has 0 radical (unpaired) electrons. The zero-order chi connectivity index (χ0) is 12.7. The smallest absolute Gasteiger partial charge is 0.131 e. The van der Waals surface area contributed by atoms with Gasteiger partial charge in [0.2, 0.25) is 0 Å². The van der Waals surface area contributed by atoms with E-state index >= 15 is 0 Å². The lowest BCUT2D eigenvalue weighted by Gasteiger charge is -2.37. The summed E-state index contributed by atoms with van der Waals surface area (Å²) < 4.78 is 0. The van der Waals surface area contributed by atoms with Crippen molar-refractivity contribution in [3.63, 3.8) is 0 Å². The van der Waals surface area contributed by atoms with Crippen molar-refractivity contribution in [3.8, 4) is 0 Å². The molecule has 1 aromatic carbocycles. The summed E-state index contributed by atoms with van der Waals surface area (Å²) in [6, 6.07) is 10.3. The zero-order valence-electron chi connectivity index (χ0n) is 11.2. The molecule has 3 nitrogen and oxygen atoms in total. The largest absolute Gasteiger partial charge is 0.299 e. The van der Waals surface area contributed by atoms with Crippen LogP contribution in [0.4, 0.5) is 0 Å². The Labute approximate surface area is 103 Å². The second-order valence-corrected chi connectivity index (χ2v) is 5.36. The highest BCUT2D eigenvalue weighted by molar-refractivity contribution is 6.08. The third-order valence-electron chi connectivity index (χ3n) is 3.20. The highest BCUT2D eigenvalue weighted by Crippen LogP contribution is 2.36. The number of hydroxylamine groups is 2. The lowest BCUT2D eigenvalue weighted by atomic mass is 9.93. The molecule has 0 bridgehead atoms. The summed E-state index contributed by atoms with van der Waals surface area (Å²) in [5.41, 5.74) is 1.68. The molecule has 0 aromatic heterocycles. The SMILES string of the molecule is CON1C(C)(C)N=C(c2ccccc2)C1(C)C. The van der Waals surface area contributed by atoms with Gasteiger partial charge in [0.25, 0.3) is 0 Å². The van der Waals surface area contributed by atoms with Crippen molar-refractivity contribution in [2.24, 2.45) is 4.99 Å². The van der Waals surface area contributed by atoms with Crippen LogP contribution >= 0.6 is 0 Å². The van der Waals surface area contributed by atoms with E-state index in [1.807, 2.05) is 23.3 Å². The highest BCUT2D eigenvalue weighted by atomic mass is 16.7. The van der Waals surface area contributed by atoms with Gasteiger partial charge in [-0.05, 0) is 33.3 Å². The first-order valence-electron chi connectivity index (χ1n) is 5.90. The molecule has 0 N–H and O–H groups in total. The Balaban J connectivity index is 2.49. The fourth-order valence-corrected chi connectivity index (χ4v) is 2.70. The normalized spacial score (nSPS) is 22.5. The molecular weight excluding hydrogens is 212 g/mol. The zero-order valence-corrected chi connectivity index (χ0v) is 11.2. The molecular formula is C14H20N2O. The molecule has 1 heterocycles. The van der Waals surface area contributed by atoms with Crippen molar-refractivity contribution < 1.29 is 4.84 Å². The second-order valence-electron chi connectivity index (χ2n) is 5.36. The topological polar surface area (TPSA) is 24.8 Å². The minimum atomic E-state index is -0.330. The van der Waals surface area contributed by atoms with Crippen LogP contribution < -0.4 is 0 Å². The van der Waals surface area contributed by atoms with E-state index in [4.69, 9.17) is 9.83 Å². The van der Waals surface area contributed by atoms with Gasteiger partial charge in [-0.1, -0.05) is 30.3 Å². The summed E-state index contributed by atoms with van der Waals surface area (Å²) >= 11 is 0. The van der Waals surface area contributed by atoms with E-state index in [1.165, 1.54) is 0 Å². The number of nitrogens with zero attached hydrogens (tertiary/aromatic N) is 2. The predicted octanol–water partition coefficient (Wildman–Crippen LogP) is 2.87. The maximum absolute atomic E-state index is 5.51. The first-order valence-corrected chi connectivity index (χ1v) is 5.90. The lowest BCUT2D eigenvalue weighted by Crippen LogP contribution is -2.51. The van der Waals surface area contributed by atoms with E-state index in [1.54, 1.807) is 7.11 Å². The predicted molar refractivity (Wildman–Crippen MR) is 70.0 cm³/mol. The summed E-state index contributed by atoms with van der Waals surface area (Å²) in [5, 5.41) is 1.95. The Kier molecular flexibility index (Phi) is 2.84. The molecule has 2 rings (SSSR count). The fourth-order valence-electron chi connectivity index (χ4n) is 2.70. The first kappa shape index (κ1) is 12.3. The molecule has 0 aliphatic carbocycles. The minimum Gasteiger partial charge on any atom is -0.299 e. The van der Waals surface area contributed by atoms with Gasteiger partial charge < -0.3 is 0 Å². The van der Waals surface area contributed by atoms with Gasteiger partial charge >= 0.3 is 0 Å². The standard InChI is InChI=1S/C14H20N2O/c1-13(2)12(11-9-7-6-8-10-11)15-14(3,4)16(13)17-5/h6-10H,1-5H3. The van der Waals surface area contributed by atoms with Crippen LogP contribution in [0.1, 0.15) is 33.3 Å². The summed E-state index contributed by atoms with van der Waals surface area (Å²) in [4.78, 5) is 10.3. The second kappa shape index (κ2) is 3.93. The van der Waals surface area contributed by atoms with Gasteiger partial charge in [0.1, 0.15) is 5.66 Å². The Morgan fingerprint density at radius 1 is 1.06 bits per heavy atom. The Morgan fingerprint density at radius 2 is 1.65 bits per heavy atom. The van der Waals surface area contributed by atoms with Crippen LogP contribution in [0.25, 0.3) is 0 Å². The summed E-state index contributed by atoms with van der Waals surface area (Å²) in [5.74, 6) is 0. The molecule has 0 atom stereocenters. The molecule has 3 heteroatoms. The Bertz CT molecular complexity index is 435. The van der Waals surface area contributed by atoms with Crippen molar-refractivity contribution >= 4 is 5.71 Å². The maximum Gasteiger partial charge on any atom is 0.131 e. The quantitative estimate of drug-likeness (QED) is 0.783. The van der Waals surface area contributed by atoms with Crippen LogP contribution in [-0.4, -0.2) is 29.1 Å². The minimum absolute atomic E-state index is 0.223. The van der Waals surface area contributed by atoms with Crippen molar-refractivity contribution in [3.05, 3.63) is 35.9 Å². The number of benzene rings is 1. The van der Waals surface area contributed by atoms with Crippen LogP contribution in [0.3, 0.4) is 0 Å². The van der Waals surface area contributed by atoms with Crippen molar-refractivity contribution in [1.82, 2.24) is 5.06 Å². The molecule has 0 saturated carbocycles. The van der Waals surface area contributed by atoms with Gasteiger partial charge in [-0.25, -0.2) is 0 Å². The number of hydrogen-bond acceptors (Lipinski definition) is 3. The van der Waals surface area contributed by atoms with E-state index in [-0.39, 0.29) is 11.2 Å². The van der Waals surface area contributed by atoms with E-state index in [9.17, 15) is 0 Å². The van der Waals surface area contributed by atoms with Crippen molar-refractivity contribution in [1.29, 1.82) is 0 Å². The average molecular weight is 232 g/mol. The van der Waals surface area contributed by atoms with Gasteiger partial charge in [0.15, 0.2) is 0 Å². The monoisotopic (exact) mass is 232 g/mol. The first-order chi connectivity index (χ1) is 7.89. The van der Waals surface area contributed by atoms with Gasteiger partial charge in [-0.2, -0.15) is 5.06 Å². The van der Waals surface area contributed by atoms with Gasteiger partial charge in [0.05, 0.1) is 18.4 Å². The molecule has 0 spiro atoms. The number of rotatable bonds is 2. The molecule has 0 amide bonds. The van der Waals surface area contributed by atoms with E-state index in [0.717, 1.165) is 11.3 Å². The molecule has 92 valence electrons. The molecule has 1 aromatic rings. The molecule has 0 fully saturated rings. The third-order valence-corrected chi connectivity index (χ3v) is 3.20. The van der Waals surface area contributed by atoms with Crippen LogP contribution in [0, 0.1) is 0 Å². The third kappa shape index (κ3) is 1.90. The molecule has 17 heavy (non-hydrogen) atoms. The molecule has 0 saturated heterocycles. The molecule has 0 unspecified atom stereocenters. The van der Waals surface area contributed by atoms with E-state index in [2.05, 4.69) is 39.8 Å². The molecule has 1 aliphatic rings. The van der Waals surface area contributed by atoms with Gasteiger partial charge in [-0.3, -0.25) is 9.83 Å². The van der Waals surface area contributed by atoms with Gasteiger partial charge in [0, 0.05) is 0 Å². The summed E-state index contributed by atoms with van der Waals surface area (Å²) in [6.07, 6.45) is 0. The van der Waals surface area contributed by atoms with Crippen LogP contribution in [0.15, 0.2) is 35.3 Å². The summed E-state index contributed by atoms with van der Waals surface area (Å²) in [6.45, 7) is 8.40. The van der Waals surface area contributed by atoms with Crippen LogP contribution in [0.2, 0.25) is 0 Å². The van der Waals surface area contributed by atoms with E-state index in [0.29, 0.717) is 0 Å². The number of hydrogen-bond donors (Lipinski definition) is 0. The lowest BCUT2D eigenvalue weighted by molar-refractivity contribution is -0.216. The van der Waals surface area contributed by atoms with E-state index < -0.39 is 0 Å². The average Bonchev–Trinajstić information content (AvgIpc) is 2.45. The van der Waals surface area contributed by atoms with Crippen LogP contribution in [-0.2, 0) is 4.84 Å². The highest BCUT2D eigenvalue weighted by Gasteiger charge is 2.48. The van der Waals surface area contributed by atoms with Crippen LogP contribution in [0.5, 0.6) is 0 Å². The number of aliphatic imine (C=N–C) groups is 1. The fraction of sp³-hybridized carbons (Fsp3) is 0.500. The van der Waals surface area contributed by atoms with Crippen molar-refractivity contribution in [2.45, 2.75) is 38.9 Å².